The van der Waals surface area contributed by atoms with Crippen LogP contribution in [0.1, 0.15) is 67.2 Å². The minimum absolute atomic E-state index is 0.0201. The largest absolute Gasteiger partial charge is 0.402 e. The van der Waals surface area contributed by atoms with E-state index < -0.39 is 16.6 Å². The zero-order valence-electron chi connectivity index (χ0n) is 26.3. The minimum atomic E-state index is -2.72. The molecule has 4 heteroatoms. The molecule has 0 N–H and O–H groups in total. The molecule has 1 aliphatic carbocycles. The third-order valence-corrected chi connectivity index (χ3v) is 19.3. The van der Waals surface area contributed by atoms with Gasteiger partial charge in [0.05, 0.1) is 12.2 Å². The maximum atomic E-state index is 7.79. The minimum Gasteiger partial charge on any atom is -0.402 e. The van der Waals surface area contributed by atoms with Gasteiger partial charge in [0.25, 0.3) is 16.6 Å². The Morgan fingerprint density at radius 1 is 0.429 bits per heavy atom. The van der Waals surface area contributed by atoms with Gasteiger partial charge in [-0.25, -0.2) is 0 Å². The molecule has 2 atom stereocenters. The van der Waals surface area contributed by atoms with Gasteiger partial charge in [-0.15, -0.1) is 0 Å². The monoisotopic (exact) mass is 592 g/mol. The lowest BCUT2D eigenvalue weighted by atomic mass is 9.95. The summed E-state index contributed by atoms with van der Waals surface area (Å²) in [5, 5.41) is 5.18. The molecule has 1 fully saturated rings. The zero-order chi connectivity index (χ0) is 29.8. The molecule has 5 rings (SSSR count). The summed E-state index contributed by atoms with van der Waals surface area (Å²) < 4.78 is 15.6. The van der Waals surface area contributed by atoms with E-state index in [1.54, 1.807) is 0 Å². The summed E-state index contributed by atoms with van der Waals surface area (Å²) in [6, 6.07) is 44.2. The highest BCUT2D eigenvalue weighted by molar-refractivity contribution is 7.00. The molecule has 0 bridgehead atoms. The van der Waals surface area contributed by atoms with Crippen molar-refractivity contribution in [3.05, 3.63) is 121 Å². The van der Waals surface area contributed by atoms with Crippen molar-refractivity contribution in [1.29, 1.82) is 0 Å². The van der Waals surface area contributed by atoms with E-state index in [4.69, 9.17) is 8.85 Å². The number of rotatable bonds is 8. The molecule has 42 heavy (non-hydrogen) atoms. The summed E-state index contributed by atoms with van der Waals surface area (Å²) in [4.78, 5) is 0. The topological polar surface area (TPSA) is 18.5 Å². The van der Waals surface area contributed by atoms with Crippen LogP contribution in [-0.4, -0.2) is 28.8 Å². The average Bonchev–Trinajstić information content (AvgIpc) is 3.00. The molecule has 1 saturated carbocycles. The van der Waals surface area contributed by atoms with E-state index in [2.05, 4.69) is 163 Å². The Labute approximate surface area is 256 Å². The summed E-state index contributed by atoms with van der Waals surface area (Å²) >= 11 is 0. The van der Waals surface area contributed by atoms with Gasteiger partial charge in [0.1, 0.15) is 0 Å². The Kier molecular flexibility index (Phi) is 9.10. The molecule has 1 aliphatic rings. The molecule has 0 spiro atoms. The maximum absolute atomic E-state index is 7.79. The zero-order valence-corrected chi connectivity index (χ0v) is 28.3. The van der Waals surface area contributed by atoms with Gasteiger partial charge in [0.15, 0.2) is 0 Å². The van der Waals surface area contributed by atoms with Crippen molar-refractivity contribution in [3.8, 4) is 0 Å². The second-order valence-electron chi connectivity index (χ2n) is 13.9. The van der Waals surface area contributed by atoms with Gasteiger partial charge >= 0.3 is 0 Å². The van der Waals surface area contributed by atoms with E-state index in [1.807, 2.05) is 0 Å². The van der Waals surface area contributed by atoms with Gasteiger partial charge in [0.2, 0.25) is 0 Å². The third-order valence-electron chi connectivity index (χ3n) is 9.13. The van der Waals surface area contributed by atoms with Gasteiger partial charge < -0.3 is 8.85 Å². The Morgan fingerprint density at radius 2 is 0.667 bits per heavy atom. The van der Waals surface area contributed by atoms with Gasteiger partial charge in [-0.05, 0) is 43.7 Å². The van der Waals surface area contributed by atoms with Crippen molar-refractivity contribution in [3.63, 3.8) is 0 Å². The third kappa shape index (κ3) is 5.75. The van der Waals surface area contributed by atoms with Crippen LogP contribution in [0, 0.1) is 0 Å². The van der Waals surface area contributed by atoms with Crippen molar-refractivity contribution in [2.75, 3.05) is 0 Å². The van der Waals surface area contributed by atoms with Gasteiger partial charge in [-0.2, -0.15) is 0 Å². The highest BCUT2D eigenvalue weighted by Crippen LogP contribution is 2.43. The molecule has 220 valence electrons. The normalized spacial score (nSPS) is 18.5. The van der Waals surface area contributed by atoms with Gasteiger partial charge in [-0.1, -0.05) is 176 Å². The van der Waals surface area contributed by atoms with Crippen molar-refractivity contribution >= 4 is 37.4 Å². The van der Waals surface area contributed by atoms with Crippen LogP contribution in [0.15, 0.2) is 121 Å². The van der Waals surface area contributed by atoms with Crippen LogP contribution >= 0.6 is 0 Å². The lowest BCUT2D eigenvalue weighted by Gasteiger charge is -2.50. The average molecular weight is 593 g/mol. The Bertz CT molecular complexity index is 1200. The molecule has 0 unspecified atom stereocenters. The lowest BCUT2D eigenvalue weighted by Crippen LogP contribution is -2.71. The smallest absolute Gasteiger partial charge is 0.261 e. The van der Waals surface area contributed by atoms with E-state index in [9.17, 15) is 0 Å². The molecular weight excluding hydrogens is 545 g/mol. The second kappa shape index (κ2) is 12.5. The van der Waals surface area contributed by atoms with Crippen LogP contribution in [-0.2, 0) is 8.85 Å². The van der Waals surface area contributed by atoms with Crippen LogP contribution in [0.3, 0.4) is 0 Å². The number of hydrogen-bond donors (Lipinski definition) is 0. The predicted octanol–water partition coefficient (Wildman–Crippen LogP) is 7.45. The molecule has 0 amide bonds. The van der Waals surface area contributed by atoms with Crippen LogP contribution in [0.2, 0.25) is 10.1 Å². The first kappa shape index (κ1) is 30.7. The van der Waals surface area contributed by atoms with Crippen LogP contribution < -0.4 is 20.7 Å². The number of benzene rings is 4. The molecular formula is C38H48O2Si2. The van der Waals surface area contributed by atoms with Crippen molar-refractivity contribution < 1.29 is 8.85 Å². The highest BCUT2D eigenvalue weighted by Gasteiger charge is 2.55. The Balaban J connectivity index is 1.65. The molecule has 0 heterocycles. The highest BCUT2D eigenvalue weighted by atomic mass is 28.4. The van der Waals surface area contributed by atoms with E-state index in [0.29, 0.717) is 0 Å². The van der Waals surface area contributed by atoms with Crippen molar-refractivity contribution in [1.82, 2.24) is 0 Å². The Hall–Kier alpha value is -2.77. The second-order valence-corrected chi connectivity index (χ2v) is 22.4. The molecule has 0 aromatic heterocycles. The van der Waals surface area contributed by atoms with Crippen LogP contribution in [0.5, 0.6) is 0 Å². The summed E-state index contributed by atoms with van der Waals surface area (Å²) in [5.41, 5.74) is 0. The summed E-state index contributed by atoms with van der Waals surface area (Å²) in [6.07, 6.45) is 4.42. The molecule has 4 aromatic rings. The molecule has 2 nitrogen and oxygen atoms in total. The SMILES string of the molecule is CC(C)(C)[Si](O[C@H]1CCCC[C@@H]1O[Si](c1ccccc1)(c1ccccc1)C(C)(C)C)(c1ccccc1)c1ccccc1. The summed E-state index contributed by atoms with van der Waals surface area (Å²) in [6.45, 7) is 14.3. The fourth-order valence-corrected chi connectivity index (χ4v) is 16.6. The Morgan fingerprint density at radius 3 is 0.881 bits per heavy atom. The van der Waals surface area contributed by atoms with Crippen molar-refractivity contribution in [2.45, 2.75) is 89.5 Å². The molecule has 0 radical (unpaired) electrons. The first-order valence-corrected chi connectivity index (χ1v) is 19.5. The molecule has 0 saturated heterocycles. The van der Waals surface area contributed by atoms with E-state index in [0.717, 1.165) is 12.8 Å². The standard InChI is InChI=1S/C38H48O2Si2/c1-37(2,3)41(31-21-11-7-12-22-31,32-23-13-8-14-24-32)39-35-29-19-20-30-36(35)40-42(38(4,5)6,33-25-15-9-16-26-33)34-27-17-10-18-28-34/h7-18,21-28,35-36H,19-20,29-30H2,1-6H3/t35-,36-/m0/s1. The van der Waals surface area contributed by atoms with E-state index in [-0.39, 0.29) is 22.3 Å². The fraction of sp³-hybridized carbons (Fsp3) is 0.368. The van der Waals surface area contributed by atoms with Gasteiger partial charge in [-0.3, -0.25) is 0 Å². The lowest BCUT2D eigenvalue weighted by molar-refractivity contribution is 0.0112. The van der Waals surface area contributed by atoms with E-state index in [1.165, 1.54) is 33.6 Å². The summed E-state index contributed by atoms with van der Waals surface area (Å²) in [5.74, 6) is 0. The molecule has 4 aromatic carbocycles. The van der Waals surface area contributed by atoms with E-state index >= 15 is 0 Å². The molecule has 0 aliphatic heterocycles. The van der Waals surface area contributed by atoms with Crippen LogP contribution in [0.25, 0.3) is 0 Å². The van der Waals surface area contributed by atoms with Gasteiger partial charge in [0, 0.05) is 0 Å². The maximum Gasteiger partial charge on any atom is 0.261 e. The first-order valence-electron chi connectivity index (χ1n) is 15.7. The predicted molar refractivity (Wildman–Crippen MR) is 183 cm³/mol. The summed E-state index contributed by atoms with van der Waals surface area (Å²) in [7, 11) is -5.45. The van der Waals surface area contributed by atoms with Crippen LogP contribution in [0.4, 0.5) is 0 Å². The number of hydrogen-bond acceptors (Lipinski definition) is 2. The quantitative estimate of drug-likeness (QED) is 0.198. The fourth-order valence-electron chi connectivity index (χ4n) is 7.17. The first-order chi connectivity index (χ1) is 20.1. The van der Waals surface area contributed by atoms with Crippen molar-refractivity contribution in [2.24, 2.45) is 0 Å².